The Kier molecular flexibility index (Phi) is 7.67. The van der Waals surface area contributed by atoms with Crippen LogP contribution in [-0.4, -0.2) is 33.0 Å². The molecule has 9 heteroatoms. The second kappa shape index (κ2) is 10.5. The molecule has 1 amide bonds. The first-order chi connectivity index (χ1) is 15.4. The number of rotatable bonds is 7. The van der Waals surface area contributed by atoms with Crippen molar-refractivity contribution in [2.75, 3.05) is 11.9 Å². The summed E-state index contributed by atoms with van der Waals surface area (Å²) in [5, 5.41) is 6.07. The number of amides is 1. The van der Waals surface area contributed by atoms with Crippen molar-refractivity contribution in [1.29, 1.82) is 0 Å². The zero-order valence-corrected chi connectivity index (χ0v) is 19.3. The Bertz CT molecular complexity index is 1250. The van der Waals surface area contributed by atoms with Gasteiger partial charge in [0.2, 0.25) is 5.95 Å². The van der Waals surface area contributed by atoms with Crippen molar-refractivity contribution in [3.63, 3.8) is 0 Å². The van der Waals surface area contributed by atoms with Gasteiger partial charge in [0, 0.05) is 48.1 Å². The molecule has 1 atom stereocenters. The fourth-order valence-corrected chi connectivity index (χ4v) is 3.36. The van der Waals surface area contributed by atoms with E-state index in [-0.39, 0.29) is 25.1 Å². The molecule has 0 fully saturated rings. The first kappa shape index (κ1) is 24.2. The monoisotopic (exact) mass is 510 g/mol. The number of benzene rings is 2. The van der Waals surface area contributed by atoms with Crippen molar-refractivity contribution in [2.45, 2.75) is 20.4 Å². The molecule has 172 valence electrons. The van der Waals surface area contributed by atoms with E-state index in [2.05, 4.69) is 31.5 Å². The molecule has 4 rings (SSSR count). The zero-order chi connectivity index (χ0) is 22.7. The predicted octanol–water partition coefficient (Wildman–Crippen LogP) is 4.98. The van der Waals surface area contributed by atoms with Crippen LogP contribution in [0.4, 0.5) is 11.6 Å². The maximum absolute atomic E-state index is 12.2. The molecular weight excluding hydrogens is 484 g/mol. The van der Waals surface area contributed by atoms with E-state index in [0.29, 0.717) is 18.0 Å². The molecule has 4 aromatic rings. The van der Waals surface area contributed by atoms with Crippen LogP contribution in [0.25, 0.3) is 11.0 Å². The lowest BCUT2D eigenvalue weighted by molar-refractivity contribution is 0.0946. The van der Waals surface area contributed by atoms with E-state index in [1.165, 1.54) is 6.20 Å². The van der Waals surface area contributed by atoms with Crippen LogP contribution >= 0.6 is 15.9 Å². The highest BCUT2D eigenvalue weighted by Crippen LogP contribution is 2.28. The number of hydrogen-bond donors (Lipinski definition) is 3. The van der Waals surface area contributed by atoms with Gasteiger partial charge in [-0.3, -0.25) is 9.78 Å². The second-order valence-electron chi connectivity index (χ2n) is 7.44. The summed E-state index contributed by atoms with van der Waals surface area (Å²) >= 11 is 3.44. The molecule has 0 spiro atoms. The molecule has 2 heterocycles. The molecule has 0 bridgehead atoms. The second-order valence-corrected chi connectivity index (χ2v) is 8.36. The molecule has 4 N–H and O–H groups in total. The van der Waals surface area contributed by atoms with Crippen molar-refractivity contribution in [1.82, 2.24) is 19.9 Å². The van der Waals surface area contributed by atoms with Gasteiger partial charge < -0.3 is 25.7 Å². The highest BCUT2D eigenvalue weighted by Gasteiger charge is 2.12. The smallest absolute Gasteiger partial charge is 0.270 e. The summed E-state index contributed by atoms with van der Waals surface area (Å²) in [5.41, 5.74) is 8.64. The molecule has 0 aliphatic rings. The van der Waals surface area contributed by atoms with Crippen molar-refractivity contribution in [3.8, 4) is 11.5 Å². The van der Waals surface area contributed by atoms with Crippen LogP contribution in [-0.2, 0) is 7.05 Å². The lowest BCUT2D eigenvalue weighted by Crippen LogP contribution is -2.35. The van der Waals surface area contributed by atoms with E-state index >= 15 is 0 Å². The number of ether oxygens (including phenoxy) is 1. The number of aryl methyl sites for hydroxylation is 1. The number of imidazole rings is 1. The summed E-state index contributed by atoms with van der Waals surface area (Å²) in [6.45, 7) is 2.19. The lowest BCUT2D eigenvalue weighted by Gasteiger charge is -2.09. The Morgan fingerprint density at radius 2 is 1.88 bits per heavy atom. The predicted molar refractivity (Wildman–Crippen MR) is 135 cm³/mol. The average Bonchev–Trinajstić information content (AvgIpc) is 3.08. The van der Waals surface area contributed by atoms with Gasteiger partial charge in [0.15, 0.2) is 0 Å². The molecule has 0 aliphatic carbocycles. The summed E-state index contributed by atoms with van der Waals surface area (Å²) < 4.78 is 8.96. The van der Waals surface area contributed by atoms with Crippen molar-refractivity contribution in [2.24, 2.45) is 12.8 Å². The molecule has 0 saturated carbocycles. The summed E-state index contributed by atoms with van der Waals surface area (Å²) in [6, 6.07) is 16.7. The Labute approximate surface area is 201 Å². The lowest BCUT2D eigenvalue weighted by atomic mass is 10.3. The van der Waals surface area contributed by atoms with Gasteiger partial charge in [-0.25, -0.2) is 4.98 Å². The van der Waals surface area contributed by atoms with Crippen LogP contribution in [0.5, 0.6) is 11.5 Å². The number of carbonyl (C=O) groups is 1. The third-order valence-electron chi connectivity index (χ3n) is 4.74. The molecule has 0 radical (unpaired) electrons. The largest absolute Gasteiger partial charge is 0.457 e. The SMILES string of the molecule is C.C[C@H](N)CNC(=O)c1cc(Oc2ccc3c(c2)nc(Nc2ccc(Br)cc2)n3C)ccn1. The number of nitrogens with zero attached hydrogens (tertiary/aromatic N) is 3. The fourth-order valence-electron chi connectivity index (χ4n) is 3.10. The Morgan fingerprint density at radius 3 is 2.61 bits per heavy atom. The van der Waals surface area contributed by atoms with Gasteiger partial charge in [0.25, 0.3) is 5.91 Å². The molecule has 8 nitrogen and oxygen atoms in total. The van der Waals surface area contributed by atoms with E-state index in [1.54, 1.807) is 12.1 Å². The van der Waals surface area contributed by atoms with E-state index in [1.807, 2.05) is 61.0 Å². The number of nitrogens with two attached hydrogens (primary N) is 1. The van der Waals surface area contributed by atoms with Crippen molar-refractivity contribution >= 4 is 44.5 Å². The normalized spacial score (nSPS) is 11.5. The van der Waals surface area contributed by atoms with Gasteiger partial charge in [-0.1, -0.05) is 23.4 Å². The number of pyridine rings is 1. The van der Waals surface area contributed by atoms with Gasteiger partial charge in [0.1, 0.15) is 17.2 Å². The highest BCUT2D eigenvalue weighted by molar-refractivity contribution is 9.10. The first-order valence-corrected chi connectivity index (χ1v) is 10.8. The van der Waals surface area contributed by atoms with Gasteiger partial charge in [-0.2, -0.15) is 0 Å². The Balaban J connectivity index is 0.00000306. The third kappa shape index (κ3) is 5.88. The van der Waals surface area contributed by atoms with E-state index in [9.17, 15) is 4.79 Å². The Morgan fingerprint density at radius 1 is 1.15 bits per heavy atom. The molecule has 0 aliphatic heterocycles. The molecule has 2 aromatic carbocycles. The minimum atomic E-state index is -0.295. The highest BCUT2D eigenvalue weighted by atomic mass is 79.9. The number of aromatic nitrogens is 3. The topological polar surface area (TPSA) is 107 Å². The number of nitrogens with one attached hydrogen (secondary N) is 2. The van der Waals surface area contributed by atoms with E-state index in [0.717, 1.165) is 27.1 Å². The standard InChI is InChI=1S/C23H23BrN6O2.CH4/c1-14(25)13-27-22(31)20-12-18(9-10-26-20)32-17-7-8-21-19(11-17)29-23(30(21)2)28-16-5-3-15(24)4-6-16;/h3-12,14H,13,25H2,1-2H3,(H,27,31)(H,28,29);1H4/t14-;/m0./s1. The molecular formula is C24H27BrN6O2. The quantitative estimate of drug-likeness (QED) is 0.323. The minimum Gasteiger partial charge on any atom is -0.457 e. The number of carbonyl (C=O) groups excluding carboxylic acids is 1. The van der Waals surface area contributed by atoms with Gasteiger partial charge in [-0.05, 0) is 49.4 Å². The molecule has 2 aromatic heterocycles. The summed E-state index contributed by atoms with van der Waals surface area (Å²) in [5.74, 6) is 1.54. The number of anilines is 2. The van der Waals surface area contributed by atoms with E-state index in [4.69, 9.17) is 15.5 Å². The van der Waals surface area contributed by atoms with Crippen LogP contribution < -0.4 is 21.1 Å². The number of halogens is 1. The fraction of sp³-hybridized carbons (Fsp3) is 0.208. The maximum Gasteiger partial charge on any atom is 0.270 e. The summed E-state index contributed by atoms with van der Waals surface area (Å²) in [6.07, 6.45) is 1.54. The molecule has 0 saturated heterocycles. The van der Waals surface area contributed by atoms with Crippen LogP contribution in [0.1, 0.15) is 24.8 Å². The maximum atomic E-state index is 12.2. The zero-order valence-electron chi connectivity index (χ0n) is 17.7. The molecule has 0 unspecified atom stereocenters. The Hall–Kier alpha value is -3.43. The van der Waals surface area contributed by atoms with Gasteiger partial charge >= 0.3 is 0 Å². The van der Waals surface area contributed by atoms with Crippen LogP contribution in [0.3, 0.4) is 0 Å². The summed E-state index contributed by atoms with van der Waals surface area (Å²) in [4.78, 5) is 21.0. The first-order valence-electron chi connectivity index (χ1n) is 10.1. The van der Waals surface area contributed by atoms with Crippen LogP contribution in [0, 0.1) is 0 Å². The van der Waals surface area contributed by atoms with Crippen molar-refractivity contribution < 1.29 is 9.53 Å². The van der Waals surface area contributed by atoms with Crippen LogP contribution in [0.15, 0.2) is 65.3 Å². The molecule has 33 heavy (non-hydrogen) atoms. The van der Waals surface area contributed by atoms with Crippen molar-refractivity contribution in [3.05, 3.63) is 71.0 Å². The van der Waals surface area contributed by atoms with Gasteiger partial charge in [0.05, 0.1) is 11.0 Å². The minimum absolute atomic E-state index is 0. The summed E-state index contributed by atoms with van der Waals surface area (Å²) in [7, 11) is 1.95. The van der Waals surface area contributed by atoms with Gasteiger partial charge in [-0.15, -0.1) is 0 Å². The average molecular weight is 511 g/mol. The number of hydrogen-bond acceptors (Lipinski definition) is 6. The number of fused-ring (bicyclic) bond motifs is 1. The third-order valence-corrected chi connectivity index (χ3v) is 5.27. The van der Waals surface area contributed by atoms with Crippen LogP contribution in [0.2, 0.25) is 0 Å². The van der Waals surface area contributed by atoms with E-state index < -0.39 is 0 Å².